The number of carbonyl (C=O) groups is 2. The number of carbonyl (C=O) groups excluding carboxylic acids is 2. The quantitative estimate of drug-likeness (QED) is 0.762. The van der Waals surface area contributed by atoms with Gasteiger partial charge in [-0.05, 0) is 44.4 Å². The second-order valence-corrected chi connectivity index (χ2v) is 7.45. The molecule has 0 spiro atoms. The Labute approximate surface area is 163 Å². The monoisotopic (exact) mass is 388 g/mol. The summed E-state index contributed by atoms with van der Waals surface area (Å²) in [6.07, 6.45) is 5.17. The minimum Gasteiger partial charge on any atom is -0.376 e. The summed E-state index contributed by atoms with van der Waals surface area (Å²) in [5.41, 5.74) is 0.341. The number of hydrogen-bond acceptors (Lipinski definition) is 4. The molecule has 1 saturated heterocycles. The largest absolute Gasteiger partial charge is 0.376 e. The van der Waals surface area contributed by atoms with Crippen molar-refractivity contribution in [2.75, 3.05) is 18.5 Å². The fourth-order valence-electron chi connectivity index (χ4n) is 3.04. The lowest BCUT2D eigenvalue weighted by atomic mass is 9.83. The Morgan fingerprint density at radius 3 is 2.75 bits per heavy atom. The molecule has 1 aliphatic heterocycles. The number of hydrogen-bond donors (Lipinski definition) is 2. The van der Waals surface area contributed by atoms with Gasteiger partial charge in [-0.1, -0.05) is 12.1 Å². The van der Waals surface area contributed by atoms with Crippen LogP contribution in [-0.2, 0) is 26.3 Å². The number of halogens is 1. The molecular weight excluding hydrogens is 363 g/mol. The number of aromatic nitrogens is 2. The third kappa shape index (κ3) is 4.95. The number of rotatable bonds is 7. The number of amides is 2. The molecule has 1 aromatic carbocycles. The van der Waals surface area contributed by atoms with E-state index < -0.39 is 5.41 Å². The summed E-state index contributed by atoms with van der Waals surface area (Å²) >= 11 is 0. The van der Waals surface area contributed by atoms with Crippen molar-refractivity contribution in [1.82, 2.24) is 15.1 Å². The molecule has 2 heterocycles. The average molecular weight is 388 g/mol. The molecule has 2 N–H and O–H groups in total. The van der Waals surface area contributed by atoms with E-state index in [0.29, 0.717) is 17.8 Å². The molecular formula is C20H25FN4O3. The van der Waals surface area contributed by atoms with Crippen molar-refractivity contribution in [3.8, 4) is 0 Å². The second kappa shape index (κ2) is 8.52. The molecule has 0 unspecified atom stereocenters. The predicted molar refractivity (Wildman–Crippen MR) is 102 cm³/mol. The third-order valence-electron chi connectivity index (χ3n) is 4.88. The van der Waals surface area contributed by atoms with Crippen LogP contribution < -0.4 is 10.6 Å². The van der Waals surface area contributed by atoms with Crippen LogP contribution in [-0.4, -0.2) is 40.9 Å². The summed E-state index contributed by atoms with van der Waals surface area (Å²) in [7, 11) is 0. The van der Waals surface area contributed by atoms with E-state index in [1.54, 1.807) is 32.2 Å². The Hall–Kier alpha value is -2.74. The van der Waals surface area contributed by atoms with Gasteiger partial charge in [-0.15, -0.1) is 0 Å². The summed E-state index contributed by atoms with van der Waals surface area (Å²) in [6, 6.07) is 5.85. The maximum Gasteiger partial charge on any atom is 0.241 e. The van der Waals surface area contributed by atoms with Gasteiger partial charge in [0.15, 0.2) is 0 Å². The maximum absolute atomic E-state index is 13.1. The number of ether oxygens (including phenoxy) is 1. The number of nitrogens with zero attached hydrogens (tertiary/aromatic N) is 2. The van der Waals surface area contributed by atoms with E-state index >= 15 is 0 Å². The molecule has 150 valence electrons. The lowest BCUT2D eigenvalue weighted by Gasteiger charge is -2.23. The van der Waals surface area contributed by atoms with Gasteiger partial charge in [0.2, 0.25) is 11.8 Å². The molecule has 1 fully saturated rings. The topological polar surface area (TPSA) is 85.2 Å². The van der Waals surface area contributed by atoms with E-state index in [-0.39, 0.29) is 30.3 Å². The first kappa shape index (κ1) is 20.0. The maximum atomic E-state index is 13.1. The van der Waals surface area contributed by atoms with Crippen LogP contribution in [0.4, 0.5) is 10.1 Å². The van der Waals surface area contributed by atoms with E-state index in [1.165, 1.54) is 23.0 Å². The summed E-state index contributed by atoms with van der Waals surface area (Å²) in [5.74, 6) is -0.761. The Bertz CT molecular complexity index is 826. The van der Waals surface area contributed by atoms with Crippen molar-refractivity contribution in [2.24, 2.45) is 0 Å². The summed E-state index contributed by atoms with van der Waals surface area (Å²) in [6.45, 7) is 4.83. The normalized spacial score (nSPS) is 16.8. The zero-order valence-electron chi connectivity index (χ0n) is 16.1. The van der Waals surface area contributed by atoms with Crippen molar-refractivity contribution in [1.29, 1.82) is 0 Å². The highest BCUT2D eigenvalue weighted by molar-refractivity contribution is 5.98. The van der Waals surface area contributed by atoms with Gasteiger partial charge in [0, 0.05) is 19.3 Å². The molecule has 2 aromatic rings. The zero-order valence-corrected chi connectivity index (χ0v) is 16.1. The molecule has 2 amide bonds. The standard InChI is InChI=1S/C20H25FN4O3/c1-20(2,14-5-7-15(21)8-6-14)19(27)24-16-10-23-25(12-16)13-18(26)22-11-17-4-3-9-28-17/h5-8,10,12,17H,3-4,9,11,13H2,1-2H3,(H,22,26)(H,24,27)/t17-/m1/s1. The van der Waals surface area contributed by atoms with Crippen molar-refractivity contribution in [3.05, 3.63) is 48.0 Å². The smallest absolute Gasteiger partial charge is 0.241 e. The first-order valence-corrected chi connectivity index (χ1v) is 9.33. The molecule has 3 rings (SSSR count). The predicted octanol–water partition coefficient (Wildman–Crippen LogP) is 2.23. The van der Waals surface area contributed by atoms with Gasteiger partial charge in [-0.25, -0.2) is 4.39 Å². The zero-order chi connectivity index (χ0) is 20.1. The fraction of sp³-hybridized carbons (Fsp3) is 0.450. The van der Waals surface area contributed by atoms with Gasteiger partial charge in [0.25, 0.3) is 0 Å². The highest BCUT2D eigenvalue weighted by Gasteiger charge is 2.30. The van der Waals surface area contributed by atoms with E-state index in [9.17, 15) is 14.0 Å². The van der Waals surface area contributed by atoms with Crippen LogP contribution in [0.1, 0.15) is 32.3 Å². The van der Waals surface area contributed by atoms with Crippen molar-refractivity contribution >= 4 is 17.5 Å². The van der Waals surface area contributed by atoms with Crippen molar-refractivity contribution < 1.29 is 18.7 Å². The molecule has 1 aliphatic rings. The third-order valence-corrected chi connectivity index (χ3v) is 4.88. The van der Waals surface area contributed by atoms with Crippen LogP contribution in [0.5, 0.6) is 0 Å². The van der Waals surface area contributed by atoms with Crippen molar-refractivity contribution in [2.45, 2.75) is 44.8 Å². The minimum atomic E-state index is -0.853. The molecule has 8 heteroatoms. The van der Waals surface area contributed by atoms with Gasteiger partial charge in [0.1, 0.15) is 12.4 Å². The Balaban J connectivity index is 1.53. The van der Waals surface area contributed by atoms with Crippen LogP contribution in [0.2, 0.25) is 0 Å². The molecule has 0 radical (unpaired) electrons. The van der Waals surface area contributed by atoms with Crippen molar-refractivity contribution in [3.63, 3.8) is 0 Å². The first-order valence-electron chi connectivity index (χ1n) is 9.33. The van der Waals surface area contributed by atoms with Gasteiger partial charge < -0.3 is 15.4 Å². The summed E-state index contributed by atoms with van der Waals surface area (Å²) < 4.78 is 20.1. The van der Waals surface area contributed by atoms with Crippen LogP contribution in [0, 0.1) is 5.82 Å². The second-order valence-electron chi connectivity index (χ2n) is 7.45. The average Bonchev–Trinajstić information content (AvgIpc) is 3.32. The molecule has 0 aliphatic carbocycles. The summed E-state index contributed by atoms with van der Waals surface area (Å²) in [5, 5.41) is 9.74. The van der Waals surface area contributed by atoms with E-state index in [2.05, 4.69) is 15.7 Å². The van der Waals surface area contributed by atoms with Gasteiger partial charge >= 0.3 is 0 Å². The molecule has 0 bridgehead atoms. The molecule has 1 aromatic heterocycles. The highest BCUT2D eigenvalue weighted by Crippen LogP contribution is 2.25. The molecule has 28 heavy (non-hydrogen) atoms. The molecule has 7 nitrogen and oxygen atoms in total. The number of nitrogens with one attached hydrogen (secondary N) is 2. The Morgan fingerprint density at radius 1 is 1.32 bits per heavy atom. The Kier molecular flexibility index (Phi) is 6.08. The summed E-state index contributed by atoms with van der Waals surface area (Å²) in [4.78, 5) is 24.7. The van der Waals surface area contributed by atoms with Gasteiger partial charge in [-0.2, -0.15) is 5.10 Å². The first-order chi connectivity index (χ1) is 13.3. The van der Waals surface area contributed by atoms with E-state index in [1.807, 2.05) is 0 Å². The van der Waals surface area contributed by atoms with Crippen LogP contribution >= 0.6 is 0 Å². The fourth-order valence-corrected chi connectivity index (χ4v) is 3.04. The molecule has 1 atom stereocenters. The van der Waals surface area contributed by atoms with Crippen LogP contribution in [0.15, 0.2) is 36.7 Å². The molecule has 0 saturated carbocycles. The van der Waals surface area contributed by atoms with E-state index in [0.717, 1.165) is 19.4 Å². The number of benzene rings is 1. The van der Waals surface area contributed by atoms with Gasteiger partial charge in [-0.3, -0.25) is 14.3 Å². The van der Waals surface area contributed by atoms with Crippen LogP contribution in [0.3, 0.4) is 0 Å². The number of anilines is 1. The van der Waals surface area contributed by atoms with Crippen LogP contribution in [0.25, 0.3) is 0 Å². The lowest BCUT2D eigenvalue weighted by Crippen LogP contribution is -2.34. The lowest BCUT2D eigenvalue weighted by molar-refractivity contribution is -0.122. The van der Waals surface area contributed by atoms with Gasteiger partial charge in [0.05, 0.1) is 23.4 Å². The van der Waals surface area contributed by atoms with E-state index in [4.69, 9.17) is 4.74 Å². The SMILES string of the molecule is CC(C)(C(=O)Nc1cnn(CC(=O)NC[C@H]2CCCO2)c1)c1ccc(F)cc1. The highest BCUT2D eigenvalue weighted by atomic mass is 19.1. The Morgan fingerprint density at radius 2 is 2.07 bits per heavy atom. The minimum absolute atomic E-state index is 0.0595.